The number of carbonyl (C=O) groups is 1. The normalized spacial score (nSPS) is 19.2. The van der Waals surface area contributed by atoms with Gasteiger partial charge in [0.25, 0.3) is 5.70 Å². The van der Waals surface area contributed by atoms with Crippen LogP contribution in [0.4, 0.5) is 0 Å². The van der Waals surface area contributed by atoms with Crippen molar-refractivity contribution in [3.63, 3.8) is 0 Å². The smallest absolute Gasteiger partial charge is 0.335 e. The van der Waals surface area contributed by atoms with E-state index in [0.717, 1.165) is 19.3 Å². The molecule has 0 fully saturated rings. The fourth-order valence-electron chi connectivity index (χ4n) is 1.22. The third-order valence-electron chi connectivity index (χ3n) is 1.97. The van der Waals surface area contributed by atoms with Crippen molar-refractivity contribution in [1.82, 2.24) is 0 Å². The van der Waals surface area contributed by atoms with E-state index in [4.69, 9.17) is 11.6 Å². The molecule has 92 valence electrons. The molecule has 1 unspecified atom stereocenters. The quantitative estimate of drug-likeness (QED) is 0.230. The highest BCUT2D eigenvalue weighted by Crippen LogP contribution is 2.22. The summed E-state index contributed by atoms with van der Waals surface area (Å²) in [4.78, 5) is 20.3. The largest absolute Gasteiger partial charge is 0.466 e. The minimum absolute atomic E-state index is 0.168. The van der Waals surface area contributed by atoms with Gasteiger partial charge < -0.3 is 4.74 Å². The van der Waals surface area contributed by atoms with Gasteiger partial charge in [0, 0.05) is 6.08 Å². The Hall–Kier alpha value is -1.67. The van der Waals surface area contributed by atoms with E-state index >= 15 is 0 Å². The maximum absolute atomic E-state index is 11.2. The van der Waals surface area contributed by atoms with Crippen molar-refractivity contribution in [1.29, 1.82) is 0 Å². The van der Waals surface area contributed by atoms with Crippen LogP contribution in [0.2, 0.25) is 0 Å². The van der Waals surface area contributed by atoms with Crippen LogP contribution in [0.1, 0.15) is 0 Å². The van der Waals surface area contributed by atoms with Gasteiger partial charge in [0.2, 0.25) is 10.3 Å². The number of hydrogen-bond donors (Lipinski definition) is 0. The number of methoxy groups -OCH3 is 1. The zero-order valence-corrected chi connectivity index (χ0v) is 9.99. The Labute approximate surface area is 102 Å². The number of alkyl halides is 1. The van der Waals surface area contributed by atoms with Crippen LogP contribution in [0.25, 0.3) is 0 Å². The molecule has 0 saturated carbocycles. The number of nitrogens with zero attached hydrogens (tertiary/aromatic N) is 1. The molecule has 0 N–H and O–H groups in total. The molecule has 0 spiro atoms. The van der Waals surface area contributed by atoms with Crippen LogP contribution < -0.4 is 0 Å². The molecule has 0 radical (unpaired) electrons. The molecular formula is C8H6ClNO6S. The second-order valence-corrected chi connectivity index (χ2v) is 4.23. The molecular weight excluding hydrogens is 274 g/mol. The molecule has 0 aromatic heterocycles. The van der Waals surface area contributed by atoms with Crippen molar-refractivity contribution in [2.75, 3.05) is 7.11 Å². The van der Waals surface area contributed by atoms with Crippen molar-refractivity contribution < 1.29 is 22.9 Å². The van der Waals surface area contributed by atoms with Gasteiger partial charge in [-0.3, -0.25) is 10.1 Å². The molecule has 0 aromatic carbocycles. The molecule has 1 atom stereocenters. The number of carbonyl (C=O) groups excluding carboxylic acids is 1. The van der Waals surface area contributed by atoms with E-state index in [2.05, 4.69) is 4.74 Å². The standard InChI is InChI=1S/C8H6ClNO6S/c1-16-8(11)4-2-3-5(10(12)13)7(6(4)9)17(14)15/h2-3,6H,1H3. The summed E-state index contributed by atoms with van der Waals surface area (Å²) in [6, 6.07) is 0. The molecule has 1 aliphatic rings. The molecule has 0 aromatic rings. The zero-order valence-electron chi connectivity index (χ0n) is 8.41. The first-order valence-electron chi connectivity index (χ1n) is 4.15. The van der Waals surface area contributed by atoms with Crippen molar-refractivity contribution >= 4 is 32.7 Å². The van der Waals surface area contributed by atoms with Crippen molar-refractivity contribution in [3.05, 3.63) is 33.5 Å². The number of esters is 1. The van der Waals surface area contributed by atoms with Crippen LogP contribution in [-0.2, 0) is 19.8 Å². The van der Waals surface area contributed by atoms with E-state index in [-0.39, 0.29) is 5.57 Å². The average Bonchev–Trinajstić information content (AvgIpc) is 2.26. The number of allylic oxidation sites excluding steroid dienone is 3. The Morgan fingerprint density at radius 3 is 2.53 bits per heavy atom. The molecule has 7 nitrogen and oxygen atoms in total. The Kier molecular flexibility index (Phi) is 4.02. The van der Waals surface area contributed by atoms with Crippen LogP contribution in [-0.4, -0.2) is 36.7 Å². The lowest BCUT2D eigenvalue weighted by molar-refractivity contribution is -0.414. The molecule has 1 aliphatic carbocycles. The first-order chi connectivity index (χ1) is 7.90. The predicted octanol–water partition coefficient (Wildman–Crippen LogP) is -0.0811. The second-order valence-electron chi connectivity index (χ2n) is 2.88. The van der Waals surface area contributed by atoms with Gasteiger partial charge in [-0.2, -0.15) is 8.42 Å². The molecule has 0 bridgehead atoms. The first-order valence-corrected chi connectivity index (χ1v) is 5.66. The summed E-state index contributed by atoms with van der Waals surface area (Å²) < 4.78 is 26.2. The maximum Gasteiger partial charge on any atom is 0.335 e. The van der Waals surface area contributed by atoms with E-state index in [1.54, 1.807) is 0 Å². The van der Waals surface area contributed by atoms with Gasteiger partial charge in [-0.05, 0) is 6.08 Å². The zero-order chi connectivity index (χ0) is 13.2. The molecule has 0 amide bonds. The fourth-order valence-corrected chi connectivity index (χ4v) is 2.32. The lowest BCUT2D eigenvalue weighted by atomic mass is 10.0. The van der Waals surface area contributed by atoms with Crippen LogP contribution in [0.5, 0.6) is 0 Å². The summed E-state index contributed by atoms with van der Waals surface area (Å²) in [6.07, 6.45) is 1.97. The topological polar surface area (TPSA) is 104 Å². The summed E-state index contributed by atoms with van der Waals surface area (Å²) in [7, 11) is -1.81. The first kappa shape index (κ1) is 13.4. The third-order valence-corrected chi connectivity index (χ3v) is 3.36. The van der Waals surface area contributed by atoms with Gasteiger partial charge in [0.15, 0.2) is 4.86 Å². The van der Waals surface area contributed by atoms with Gasteiger partial charge in [0.05, 0.1) is 17.6 Å². The van der Waals surface area contributed by atoms with E-state index < -0.39 is 37.1 Å². The number of hydrogen-bond acceptors (Lipinski definition) is 6. The summed E-state index contributed by atoms with van der Waals surface area (Å²) in [6.45, 7) is 0. The second kappa shape index (κ2) is 5.11. The van der Waals surface area contributed by atoms with Crippen LogP contribution in [0, 0.1) is 10.1 Å². The van der Waals surface area contributed by atoms with Crippen LogP contribution in [0.15, 0.2) is 23.4 Å². The lowest BCUT2D eigenvalue weighted by Crippen LogP contribution is -2.30. The summed E-state index contributed by atoms with van der Waals surface area (Å²) >= 11 is 5.71. The lowest BCUT2D eigenvalue weighted by Gasteiger charge is -2.14. The Morgan fingerprint density at radius 1 is 1.53 bits per heavy atom. The monoisotopic (exact) mass is 279 g/mol. The van der Waals surface area contributed by atoms with Gasteiger partial charge in [-0.25, -0.2) is 4.79 Å². The predicted molar refractivity (Wildman–Crippen MR) is 58.7 cm³/mol. The van der Waals surface area contributed by atoms with Gasteiger partial charge in [-0.15, -0.1) is 11.6 Å². The van der Waals surface area contributed by atoms with Gasteiger partial charge in [0.1, 0.15) is 5.38 Å². The van der Waals surface area contributed by atoms with Gasteiger partial charge >= 0.3 is 5.97 Å². The van der Waals surface area contributed by atoms with Gasteiger partial charge in [-0.1, -0.05) is 0 Å². The molecule has 0 saturated heterocycles. The summed E-state index contributed by atoms with van der Waals surface area (Å²) in [5.41, 5.74) is -0.829. The highest BCUT2D eigenvalue weighted by Gasteiger charge is 2.36. The maximum atomic E-state index is 11.2. The van der Waals surface area contributed by atoms with E-state index in [1.165, 1.54) is 0 Å². The molecule has 0 heterocycles. The van der Waals surface area contributed by atoms with Crippen LogP contribution >= 0.6 is 11.6 Å². The summed E-state index contributed by atoms with van der Waals surface area (Å²) in [5.74, 6) is -0.841. The number of ether oxygens (including phenoxy) is 1. The Morgan fingerprint density at radius 2 is 2.12 bits per heavy atom. The molecule has 1 rings (SSSR count). The van der Waals surface area contributed by atoms with E-state index in [9.17, 15) is 23.3 Å². The number of halogens is 1. The molecule has 0 aliphatic heterocycles. The SMILES string of the molecule is COC(=O)C1=CC=C([N+](=O)[O-])C(=S(=O)=O)C1Cl. The summed E-state index contributed by atoms with van der Waals surface area (Å²) in [5, 5.41) is 9.18. The molecule has 17 heavy (non-hydrogen) atoms. The third kappa shape index (κ3) is 2.53. The Balaban J connectivity index is 3.43. The van der Waals surface area contributed by atoms with E-state index in [1.807, 2.05) is 0 Å². The Bertz CT molecular complexity index is 565. The highest BCUT2D eigenvalue weighted by atomic mass is 35.5. The minimum atomic E-state index is -2.90. The number of rotatable bonds is 2. The molecule has 9 heteroatoms. The van der Waals surface area contributed by atoms with Crippen molar-refractivity contribution in [3.8, 4) is 0 Å². The minimum Gasteiger partial charge on any atom is -0.466 e. The number of nitro groups is 1. The van der Waals surface area contributed by atoms with E-state index in [0.29, 0.717) is 0 Å². The van der Waals surface area contributed by atoms with Crippen molar-refractivity contribution in [2.24, 2.45) is 0 Å². The average molecular weight is 280 g/mol. The highest BCUT2D eigenvalue weighted by molar-refractivity contribution is 7.73. The fraction of sp³-hybridized carbons (Fsp3) is 0.250. The van der Waals surface area contributed by atoms with Crippen molar-refractivity contribution in [2.45, 2.75) is 5.38 Å². The van der Waals surface area contributed by atoms with Crippen LogP contribution in [0.3, 0.4) is 0 Å².